The van der Waals surface area contributed by atoms with Crippen molar-refractivity contribution >= 4 is 28.4 Å². The molecule has 0 bridgehead atoms. The second kappa shape index (κ2) is 8.76. The van der Waals surface area contributed by atoms with Crippen LogP contribution in [0.25, 0.3) is 16.7 Å². The molecule has 6 nitrogen and oxygen atoms in total. The molecule has 2 heterocycles. The number of aromatic nitrogens is 1. The first-order valence-electron chi connectivity index (χ1n) is 11.1. The van der Waals surface area contributed by atoms with Gasteiger partial charge in [-0.3, -0.25) is 9.59 Å². The largest absolute Gasteiger partial charge is 0.507 e. The van der Waals surface area contributed by atoms with Crippen LogP contribution in [-0.2, 0) is 16.1 Å². The Bertz CT molecular complexity index is 1500. The van der Waals surface area contributed by atoms with Gasteiger partial charge in [0, 0.05) is 33.8 Å². The highest BCUT2D eigenvalue weighted by atomic mass is 19.1. The molecule has 0 aliphatic carbocycles. The molecule has 3 aromatic carbocycles. The van der Waals surface area contributed by atoms with Crippen LogP contribution in [-0.4, -0.2) is 33.8 Å². The van der Waals surface area contributed by atoms with E-state index < -0.39 is 23.5 Å². The summed E-state index contributed by atoms with van der Waals surface area (Å²) in [5, 5.41) is 12.1. The zero-order valence-electron chi connectivity index (χ0n) is 19.2. The maximum Gasteiger partial charge on any atom is 0.295 e. The number of rotatable bonds is 5. The number of amides is 1. The highest BCUT2D eigenvalue weighted by Gasteiger charge is 2.47. The average molecular weight is 471 g/mol. The molecule has 35 heavy (non-hydrogen) atoms. The van der Waals surface area contributed by atoms with Crippen molar-refractivity contribution in [1.82, 2.24) is 9.88 Å². The van der Waals surface area contributed by atoms with E-state index in [0.29, 0.717) is 16.9 Å². The number of nitrogens with zero attached hydrogens (tertiary/aromatic N) is 1. The lowest BCUT2D eigenvalue weighted by atomic mass is 9.94. The van der Waals surface area contributed by atoms with Gasteiger partial charge >= 0.3 is 0 Å². The van der Waals surface area contributed by atoms with Crippen molar-refractivity contribution in [1.29, 1.82) is 0 Å². The topological polar surface area (TPSA) is 82.6 Å². The lowest BCUT2D eigenvalue weighted by Crippen LogP contribution is -2.29. The van der Waals surface area contributed by atoms with Crippen molar-refractivity contribution in [3.05, 3.63) is 107 Å². The highest BCUT2D eigenvalue weighted by molar-refractivity contribution is 6.46. The minimum absolute atomic E-state index is 0.0411. The number of aliphatic hydroxyl groups is 1. The van der Waals surface area contributed by atoms with E-state index in [4.69, 9.17) is 4.74 Å². The fraction of sp³-hybridized carbons (Fsp3) is 0.143. The third-order valence-electron chi connectivity index (χ3n) is 6.42. The summed E-state index contributed by atoms with van der Waals surface area (Å²) in [6.45, 7) is 1.67. The van der Waals surface area contributed by atoms with Gasteiger partial charge in [-0.2, -0.15) is 0 Å². The van der Waals surface area contributed by atoms with Crippen LogP contribution in [0.4, 0.5) is 4.39 Å². The Labute approximate surface area is 201 Å². The number of Topliss-reactive ketones (excluding diaryl/α,β-unsaturated/α-hetero) is 1. The van der Waals surface area contributed by atoms with Gasteiger partial charge in [0.05, 0.1) is 25.3 Å². The number of H-pyrrole nitrogens is 1. The molecule has 1 saturated heterocycles. The molecular weight excluding hydrogens is 447 g/mol. The zero-order chi connectivity index (χ0) is 24.7. The van der Waals surface area contributed by atoms with Crippen LogP contribution >= 0.6 is 0 Å². The first kappa shape index (κ1) is 22.4. The van der Waals surface area contributed by atoms with Gasteiger partial charge in [-0.1, -0.05) is 36.4 Å². The Hall–Kier alpha value is -4.39. The number of ketones is 1. The fourth-order valence-corrected chi connectivity index (χ4v) is 4.65. The molecule has 1 aliphatic heterocycles. The number of fused-ring (bicyclic) bond motifs is 1. The first-order chi connectivity index (χ1) is 16.9. The number of hydrogen-bond acceptors (Lipinski definition) is 4. The zero-order valence-corrected chi connectivity index (χ0v) is 19.2. The van der Waals surface area contributed by atoms with Gasteiger partial charge in [0.15, 0.2) is 0 Å². The number of methoxy groups -OCH3 is 1. The average Bonchev–Trinajstić information content (AvgIpc) is 3.40. The van der Waals surface area contributed by atoms with Crippen molar-refractivity contribution in [2.45, 2.75) is 19.5 Å². The van der Waals surface area contributed by atoms with Gasteiger partial charge in [-0.05, 0) is 42.8 Å². The predicted molar refractivity (Wildman–Crippen MR) is 130 cm³/mol. The summed E-state index contributed by atoms with van der Waals surface area (Å²) in [5.74, 6) is -1.71. The lowest BCUT2D eigenvalue weighted by Gasteiger charge is -2.25. The summed E-state index contributed by atoms with van der Waals surface area (Å²) in [6.07, 6.45) is 1.75. The molecule has 0 radical (unpaired) electrons. The van der Waals surface area contributed by atoms with Crippen molar-refractivity contribution in [3.8, 4) is 5.75 Å². The standard InChI is InChI=1S/C28H23FN2O4/c1-16-13-17(11-12-21(16)29)26(32)24-25(20-14-30-22-9-5-4-8-19(20)22)31(28(34)27(24)33)15-18-7-3-6-10-23(18)35-2/h3-14,25,30,32H,15H2,1-2H3/b26-24+. The molecule has 1 unspecified atom stereocenters. The van der Waals surface area contributed by atoms with E-state index in [9.17, 15) is 19.1 Å². The second-order valence-corrected chi connectivity index (χ2v) is 8.49. The predicted octanol–water partition coefficient (Wildman–Crippen LogP) is 5.25. The van der Waals surface area contributed by atoms with E-state index in [-0.39, 0.29) is 23.4 Å². The number of carbonyl (C=O) groups excluding carboxylic acids is 2. The number of hydrogen-bond donors (Lipinski definition) is 2. The van der Waals surface area contributed by atoms with Crippen LogP contribution in [0.2, 0.25) is 0 Å². The maximum absolute atomic E-state index is 13.9. The molecule has 1 aromatic heterocycles. The number of aryl methyl sites for hydroxylation is 1. The molecule has 4 aromatic rings. The minimum atomic E-state index is -0.860. The quantitative estimate of drug-likeness (QED) is 0.237. The smallest absolute Gasteiger partial charge is 0.295 e. The molecule has 5 rings (SSSR count). The number of benzene rings is 3. The Morgan fingerprint density at radius 1 is 1.09 bits per heavy atom. The summed E-state index contributed by atoms with van der Waals surface area (Å²) in [4.78, 5) is 31.3. The van der Waals surface area contributed by atoms with Crippen LogP contribution in [0, 0.1) is 12.7 Å². The number of likely N-dealkylation sites (tertiary alicyclic amines) is 1. The van der Waals surface area contributed by atoms with Gasteiger partial charge < -0.3 is 19.7 Å². The first-order valence-corrected chi connectivity index (χ1v) is 11.1. The minimum Gasteiger partial charge on any atom is -0.507 e. The third-order valence-corrected chi connectivity index (χ3v) is 6.42. The van der Waals surface area contributed by atoms with Crippen molar-refractivity contribution in [2.24, 2.45) is 0 Å². The SMILES string of the molecule is COc1ccccc1CN1C(=O)C(=O)/C(=C(/O)c2ccc(F)c(C)c2)C1c1c[nH]c2ccccc12. The molecule has 176 valence electrons. The highest BCUT2D eigenvalue weighted by Crippen LogP contribution is 2.43. The number of carbonyl (C=O) groups is 2. The van der Waals surface area contributed by atoms with Gasteiger partial charge in [0.1, 0.15) is 17.3 Å². The van der Waals surface area contributed by atoms with E-state index >= 15 is 0 Å². The molecule has 0 spiro atoms. The number of ether oxygens (including phenoxy) is 1. The molecule has 1 atom stereocenters. The molecule has 1 amide bonds. The normalized spacial score (nSPS) is 17.3. The number of halogens is 1. The van der Waals surface area contributed by atoms with Crippen LogP contribution in [0.15, 0.2) is 78.5 Å². The van der Waals surface area contributed by atoms with Crippen molar-refractivity contribution in [3.63, 3.8) is 0 Å². The Morgan fingerprint density at radius 2 is 1.83 bits per heavy atom. The number of aromatic amines is 1. The van der Waals surface area contributed by atoms with Crippen molar-refractivity contribution < 1.29 is 23.8 Å². The monoisotopic (exact) mass is 470 g/mol. The summed E-state index contributed by atoms with van der Waals surface area (Å²) < 4.78 is 19.3. The summed E-state index contributed by atoms with van der Waals surface area (Å²) in [7, 11) is 1.54. The number of para-hydroxylation sites is 2. The lowest BCUT2D eigenvalue weighted by molar-refractivity contribution is -0.140. The Morgan fingerprint density at radius 3 is 2.60 bits per heavy atom. The van der Waals surface area contributed by atoms with Crippen LogP contribution in [0.1, 0.15) is 28.3 Å². The maximum atomic E-state index is 13.9. The van der Waals surface area contributed by atoms with Crippen LogP contribution in [0.5, 0.6) is 5.75 Å². The van der Waals surface area contributed by atoms with Gasteiger partial charge in [-0.15, -0.1) is 0 Å². The summed E-state index contributed by atoms with van der Waals surface area (Å²) in [5.41, 5.74) is 2.78. The molecule has 2 N–H and O–H groups in total. The van der Waals surface area contributed by atoms with E-state index in [1.54, 1.807) is 26.3 Å². The molecule has 7 heteroatoms. The molecular formula is C28H23FN2O4. The fourth-order valence-electron chi connectivity index (χ4n) is 4.65. The van der Waals surface area contributed by atoms with Gasteiger partial charge in [-0.25, -0.2) is 4.39 Å². The molecule has 1 fully saturated rings. The van der Waals surface area contributed by atoms with Gasteiger partial charge in [0.2, 0.25) is 0 Å². The Balaban J connectivity index is 1.72. The van der Waals surface area contributed by atoms with E-state index in [1.165, 1.54) is 23.1 Å². The van der Waals surface area contributed by atoms with Crippen molar-refractivity contribution in [2.75, 3.05) is 7.11 Å². The third kappa shape index (κ3) is 3.75. The van der Waals surface area contributed by atoms with Gasteiger partial charge in [0.25, 0.3) is 11.7 Å². The van der Waals surface area contributed by atoms with E-state index in [2.05, 4.69) is 4.98 Å². The Kier molecular flexibility index (Phi) is 5.61. The van der Waals surface area contributed by atoms with E-state index in [0.717, 1.165) is 16.5 Å². The van der Waals surface area contributed by atoms with Crippen LogP contribution < -0.4 is 4.74 Å². The number of aliphatic hydroxyl groups excluding tert-OH is 1. The number of nitrogens with one attached hydrogen (secondary N) is 1. The molecule has 1 aliphatic rings. The van der Waals surface area contributed by atoms with E-state index in [1.807, 2.05) is 42.5 Å². The van der Waals surface area contributed by atoms with Crippen LogP contribution in [0.3, 0.4) is 0 Å². The summed E-state index contributed by atoms with van der Waals surface area (Å²) >= 11 is 0. The summed E-state index contributed by atoms with van der Waals surface area (Å²) in [6, 6.07) is 18.0. The molecule has 0 saturated carbocycles. The second-order valence-electron chi connectivity index (χ2n) is 8.49.